The molecule has 94 valence electrons. The number of ketones is 2. The van der Waals surface area contributed by atoms with Gasteiger partial charge in [0.1, 0.15) is 0 Å². The summed E-state index contributed by atoms with van der Waals surface area (Å²) in [6, 6.07) is 3.05. The highest BCUT2D eigenvalue weighted by molar-refractivity contribution is 6.27. The molecule has 0 saturated carbocycles. The minimum atomic E-state index is -0.627. The van der Waals surface area contributed by atoms with Gasteiger partial charge in [-0.25, -0.2) is 0 Å². The van der Waals surface area contributed by atoms with Crippen LogP contribution >= 0.6 is 0 Å². The Morgan fingerprint density at radius 1 is 1.06 bits per heavy atom. The highest BCUT2D eigenvalue weighted by atomic mass is 16.5. The molecule has 0 atom stereocenters. The normalized spacial score (nSPS) is 14.6. The van der Waals surface area contributed by atoms with E-state index >= 15 is 0 Å². The van der Waals surface area contributed by atoms with Crippen LogP contribution < -0.4 is 9.47 Å². The van der Waals surface area contributed by atoms with E-state index in [1.165, 1.54) is 27.2 Å². The summed E-state index contributed by atoms with van der Waals surface area (Å²) in [5.74, 6) is -1.06. The number of carbonyl (C=O) groups excluding carboxylic acids is 2. The van der Waals surface area contributed by atoms with Crippen LogP contribution in [0.5, 0.6) is 11.5 Å². The number of ether oxygens (including phenoxy) is 2. The van der Waals surface area contributed by atoms with Crippen LogP contribution in [0.4, 0.5) is 0 Å². The number of allylic oxidation sites excluding steroid dienone is 2. The Bertz CT molecular complexity index is 583. The largest absolute Gasteiger partial charge is 0.504 e. The van der Waals surface area contributed by atoms with Crippen molar-refractivity contribution in [2.24, 2.45) is 0 Å². The minimum Gasteiger partial charge on any atom is -0.504 e. The Hall–Kier alpha value is -2.30. The molecule has 5 nitrogen and oxygen atoms in total. The van der Waals surface area contributed by atoms with Crippen molar-refractivity contribution in [3.63, 3.8) is 0 Å². The first kappa shape index (κ1) is 12.2. The third kappa shape index (κ3) is 1.48. The second-order valence-electron chi connectivity index (χ2n) is 3.86. The first-order valence-electron chi connectivity index (χ1n) is 5.27. The van der Waals surface area contributed by atoms with Crippen LogP contribution in [0, 0.1) is 0 Å². The van der Waals surface area contributed by atoms with Crippen molar-refractivity contribution < 1.29 is 24.2 Å². The molecule has 1 aliphatic rings. The molecule has 1 aliphatic carbocycles. The maximum absolute atomic E-state index is 12.0. The van der Waals surface area contributed by atoms with Crippen molar-refractivity contribution in [2.75, 3.05) is 14.2 Å². The Morgan fingerprint density at radius 2 is 1.72 bits per heavy atom. The molecule has 0 fully saturated rings. The second kappa shape index (κ2) is 4.18. The van der Waals surface area contributed by atoms with Gasteiger partial charge in [0, 0.05) is 11.1 Å². The fraction of sp³-hybridized carbons (Fsp3) is 0.231. The average molecular weight is 248 g/mol. The number of carbonyl (C=O) groups is 2. The van der Waals surface area contributed by atoms with Crippen LogP contribution in [-0.2, 0) is 0 Å². The van der Waals surface area contributed by atoms with E-state index in [9.17, 15) is 14.7 Å². The molecule has 1 aromatic carbocycles. The highest BCUT2D eigenvalue weighted by Crippen LogP contribution is 2.38. The first-order chi connectivity index (χ1) is 8.52. The molecule has 0 heterocycles. The van der Waals surface area contributed by atoms with Crippen LogP contribution in [0.3, 0.4) is 0 Å². The molecule has 0 saturated heterocycles. The Kier molecular flexibility index (Phi) is 2.82. The van der Waals surface area contributed by atoms with E-state index in [0.717, 1.165) is 0 Å². The number of aliphatic hydroxyl groups excluding tert-OH is 1. The van der Waals surface area contributed by atoms with E-state index in [4.69, 9.17) is 9.47 Å². The van der Waals surface area contributed by atoms with Gasteiger partial charge in [-0.3, -0.25) is 9.59 Å². The maximum atomic E-state index is 12.0. The van der Waals surface area contributed by atoms with E-state index in [1.54, 1.807) is 6.07 Å². The number of rotatable bonds is 2. The predicted octanol–water partition coefficient (Wildman–Crippen LogP) is 1.91. The number of hydrogen-bond donors (Lipinski definition) is 1. The lowest BCUT2D eigenvalue weighted by Crippen LogP contribution is -2.21. The zero-order valence-electron chi connectivity index (χ0n) is 10.2. The van der Waals surface area contributed by atoms with Gasteiger partial charge < -0.3 is 14.6 Å². The average Bonchev–Trinajstić information content (AvgIpc) is 2.40. The SMILES string of the molecule is COc1ccc2c(c1OC)C(=O)C(O)=C(C)C2=O. The smallest absolute Gasteiger partial charge is 0.232 e. The zero-order chi connectivity index (χ0) is 13.4. The third-order valence-corrected chi connectivity index (χ3v) is 2.93. The number of hydrogen-bond acceptors (Lipinski definition) is 5. The molecule has 0 radical (unpaired) electrons. The van der Waals surface area contributed by atoms with Gasteiger partial charge in [0.25, 0.3) is 0 Å². The van der Waals surface area contributed by atoms with Gasteiger partial charge in [-0.05, 0) is 19.1 Å². The van der Waals surface area contributed by atoms with Crippen LogP contribution in [0.15, 0.2) is 23.5 Å². The highest BCUT2D eigenvalue weighted by Gasteiger charge is 2.34. The third-order valence-electron chi connectivity index (χ3n) is 2.93. The summed E-state index contributed by atoms with van der Waals surface area (Å²) in [6.45, 7) is 1.41. The van der Waals surface area contributed by atoms with E-state index in [-0.39, 0.29) is 28.2 Å². The van der Waals surface area contributed by atoms with Crippen molar-refractivity contribution in [3.05, 3.63) is 34.6 Å². The number of Topliss-reactive ketones (excluding diaryl/α,β-unsaturated/α-hetero) is 2. The van der Waals surface area contributed by atoms with Crippen LogP contribution in [-0.4, -0.2) is 30.9 Å². The fourth-order valence-electron chi connectivity index (χ4n) is 1.94. The van der Waals surface area contributed by atoms with Gasteiger partial charge in [-0.1, -0.05) is 0 Å². The number of methoxy groups -OCH3 is 2. The summed E-state index contributed by atoms with van der Waals surface area (Å²) < 4.78 is 10.2. The lowest BCUT2D eigenvalue weighted by molar-refractivity contribution is 0.0925. The number of aliphatic hydroxyl groups is 1. The quantitative estimate of drug-likeness (QED) is 0.865. The summed E-state index contributed by atoms with van der Waals surface area (Å²) in [7, 11) is 2.80. The monoisotopic (exact) mass is 248 g/mol. The maximum Gasteiger partial charge on any atom is 0.232 e. The van der Waals surface area contributed by atoms with Crippen molar-refractivity contribution in [2.45, 2.75) is 6.92 Å². The fourth-order valence-corrected chi connectivity index (χ4v) is 1.94. The standard InChI is InChI=1S/C13H12O5/c1-6-10(14)7-4-5-8(17-2)13(18-3)9(7)12(16)11(6)15/h4-5,15H,1-3H3. The van der Waals surface area contributed by atoms with Crippen molar-refractivity contribution in [1.29, 1.82) is 0 Å². The van der Waals surface area contributed by atoms with Crippen LogP contribution in [0.25, 0.3) is 0 Å². The van der Waals surface area contributed by atoms with E-state index in [1.807, 2.05) is 0 Å². The molecule has 1 N–H and O–H groups in total. The molecular formula is C13H12O5. The second-order valence-corrected chi connectivity index (χ2v) is 3.86. The minimum absolute atomic E-state index is 0.0414. The van der Waals surface area contributed by atoms with E-state index < -0.39 is 11.5 Å². The lowest BCUT2D eigenvalue weighted by atomic mass is 9.88. The van der Waals surface area contributed by atoms with E-state index in [0.29, 0.717) is 5.75 Å². The molecule has 18 heavy (non-hydrogen) atoms. The summed E-state index contributed by atoms with van der Waals surface area (Å²) >= 11 is 0. The van der Waals surface area contributed by atoms with Gasteiger partial charge in [0.2, 0.25) is 5.78 Å². The van der Waals surface area contributed by atoms with Crippen LogP contribution in [0.2, 0.25) is 0 Å². The van der Waals surface area contributed by atoms with Gasteiger partial charge in [-0.15, -0.1) is 0 Å². The van der Waals surface area contributed by atoms with Gasteiger partial charge in [0.05, 0.1) is 19.8 Å². The first-order valence-corrected chi connectivity index (χ1v) is 5.27. The summed E-state index contributed by atoms with van der Waals surface area (Å²) in [4.78, 5) is 24.0. The number of fused-ring (bicyclic) bond motifs is 1. The van der Waals surface area contributed by atoms with Crippen molar-refractivity contribution in [3.8, 4) is 11.5 Å². The Labute approximate surface area is 104 Å². The van der Waals surface area contributed by atoms with Crippen LogP contribution in [0.1, 0.15) is 27.6 Å². The summed E-state index contributed by atoms with van der Waals surface area (Å²) in [5.41, 5.74) is 0.303. The molecule has 5 heteroatoms. The molecule has 2 rings (SSSR count). The Balaban J connectivity index is 2.78. The van der Waals surface area contributed by atoms with Gasteiger partial charge >= 0.3 is 0 Å². The lowest BCUT2D eigenvalue weighted by Gasteiger charge is -2.19. The molecule has 0 unspecified atom stereocenters. The molecule has 0 bridgehead atoms. The van der Waals surface area contributed by atoms with E-state index in [2.05, 4.69) is 0 Å². The number of benzene rings is 1. The molecule has 0 aliphatic heterocycles. The van der Waals surface area contributed by atoms with Gasteiger partial charge in [-0.2, -0.15) is 0 Å². The molecular weight excluding hydrogens is 236 g/mol. The molecule has 0 spiro atoms. The molecule has 1 aromatic rings. The molecule has 0 aromatic heterocycles. The Morgan fingerprint density at radius 3 is 2.28 bits per heavy atom. The summed E-state index contributed by atoms with van der Waals surface area (Å²) in [6.07, 6.45) is 0. The topological polar surface area (TPSA) is 72.8 Å². The predicted molar refractivity (Wildman–Crippen MR) is 63.5 cm³/mol. The summed E-state index contributed by atoms with van der Waals surface area (Å²) in [5, 5.41) is 9.66. The van der Waals surface area contributed by atoms with Gasteiger partial charge in [0.15, 0.2) is 23.0 Å². The van der Waals surface area contributed by atoms with Crippen molar-refractivity contribution in [1.82, 2.24) is 0 Å². The zero-order valence-corrected chi connectivity index (χ0v) is 10.2. The van der Waals surface area contributed by atoms with Crippen molar-refractivity contribution >= 4 is 11.6 Å². The molecule has 0 amide bonds.